The minimum atomic E-state index is -0.0156. The average Bonchev–Trinajstić information content (AvgIpc) is 2.38. The van der Waals surface area contributed by atoms with Gasteiger partial charge in [-0.3, -0.25) is 0 Å². The van der Waals surface area contributed by atoms with Crippen molar-refractivity contribution in [2.75, 3.05) is 0 Å². The predicted molar refractivity (Wildman–Crippen MR) is 80.4 cm³/mol. The van der Waals surface area contributed by atoms with Crippen LogP contribution >= 0.6 is 0 Å². The van der Waals surface area contributed by atoms with Gasteiger partial charge in [-0.1, -0.05) is 36.8 Å². The molecule has 0 spiro atoms. The Labute approximate surface area is 120 Å². The van der Waals surface area contributed by atoms with Crippen molar-refractivity contribution in [3.05, 3.63) is 59.2 Å². The molecule has 1 atom stereocenters. The Morgan fingerprint density at radius 3 is 2.40 bits per heavy atom. The first-order valence-electron chi connectivity index (χ1n) is 7.28. The fourth-order valence-corrected chi connectivity index (χ4v) is 3.08. The first-order valence-corrected chi connectivity index (χ1v) is 7.28. The number of rotatable bonds is 3. The van der Waals surface area contributed by atoms with Gasteiger partial charge in [0.25, 0.3) is 0 Å². The van der Waals surface area contributed by atoms with Gasteiger partial charge in [0.1, 0.15) is 5.82 Å². The summed E-state index contributed by atoms with van der Waals surface area (Å²) in [5.74, 6) is 0.955. The van der Waals surface area contributed by atoms with E-state index >= 15 is 0 Å². The monoisotopic (exact) mass is 267 g/mol. The van der Waals surface area contributed by atoms with Crippen LogP contribution in [0.4, 0.5) is 0 Å². The van der Waals surface area contributed by atoms with Crippen LogP contribution < -0.4 is 5.73 Å². The lowest BCUT2D eigenvalue weighted by atomic mass is 9.64. The summed E-state index contributed by atoms with van der Waals surface area (Å²) in [5.41, 5.74) is 9.35. The first-order chi connectivity index (χ1) is 9.63. The average molecular weight is 267 g/mol. The zero-order valence-electron chi connectivity index (χ0n) is 12.1. The maximum absolute atomic E-state index is 5.95. The molecule has 1 aliphatic rings. The van der Waals surface area contributed by atoms with Crippen molar-refractivity contribution in [2.24, 2.45) is 5.73 Å². The molecule has 20 heavy (non-hydrogen) atoms. The van der Waals surface area contributed by atoms with Gasteiger partial charge in [0.05, 0.1) is 5.41 Å². The number of aryl methyl sites for hydroxylation is 1. The van der Waals surface area contributed by atoms with Crippen molar-refractivity contribution in [2.45, 2.75) is 44.6 Å². The van der Waals surface area contributed by atoms with Crippen LogP contribution in [-0.4, -0.2) is 9.97 Å². The summed E-state index contributed by atoms with van der Waals surface area (Å²) in [6, 6.07) is 10.6. The van der Waals surface area contributed by atoms with Crippen LogP contribution in [0.1, 0.15) is 54.9 Å². The summed E-state index contributed by atoms with van der Waals surface area (Å²) in [4.78, 5) is 9.41. The van der Waals surface area contributed by atoms with Gasteiger partial charge < -0.3 is 5.73 Å². The zero-order chi connectivity index (χ0) is 14.2. The third-order valence-electron chi connectivity index (χ3n) is 4.47. The molecule has 3 heteroatoms. The molecule has 0 amide bonds. The predicted octanol–water partition coefficient (Wildman–Crippen LogP) is 3.27. The van der Waals surface area contributed by atoms with E-state index in [1.54, 1.807) is 0 Å². The minimum absolute atomic E-state index is 0.0156. The van der Waals surface area contributed by atoms with Crippen molar-refractivity contribution >= 4 is 0 Å². The minimum Gasteiger partial charge on any atom is -0.324 e. The highest BCUT2D eigenvalue weighted by Crippen LogP contribution is 2.47. The molecule has 1 fully saturated rings. The molecule has 1 aliphatic carbocycles. The second-order valence-corrected chi connectivity index (χ2v) is 5.82. The van der Waals surface area contributed by atoms with Crippen LogP contribution in [0, 0.1) is 6.92 Å². The standard InChI is InChI=1S/C17H21N3/c1-12(18)15-11-19-16(20-13(15)2)17(9-6-10-17)14-7-4-3-5-8-14/h3-5,7-8,11-12H,6,9-10,18H2,1-2H3. The topological polar surface area (TPSA) is 51.8 Å². The van der Waals surface area contributed by atoms with E-state index in [-0.39, 0.29) is 11.5 Å². The summed E-state index contributed by atoms with van der Waals surface area (Å²) in [6.07, 6.45) is 5.42. The molecule has 0 bridgehead atoms. The van der Waals surface area contributed by atoms with Gasteiger partial charge in [0.15, 0.2) is 0 Å². The molecular formula is C17H21N3. The van der Waals surface area contributed by atoms with Crippen LogP contribution in [0.2, 0.25) is 0 Å². The number of benzene rings is 1. The van der Waals surface area contributed by atoms with Gasteiger partial charge in [-0.2, -0.15) is 0 Å². The van der Waals surface area contributed by atoms with E-state index in [1.165, 1.54) is 12.0 Å². The molecule has 1 aromatic carbocycles. The maximum atomic E-state index is 5.95. The zero-order valence-corrected chi connectivity index (χ0v) is 12.1. The molecule has 2 N–H and O–H groups in total. The van der Waals surface area contributed by atoms with Gasteiger partial charge >= 0.3 is 0 Å². The molecule has 1 unspecified atom stereocenters. The van der Waals surface area contributed by atoms with Gasteiger partial charge in [-0.25, -0.2) is 9.97 Å². The molecule has 1 saturated carbocycles. The molecule has 1 aromatic heterocycles. The number of hydrogen-bond donors (Lipinski definition) is 1. The number of hydrogen-bond acceptors (Lipinski definition) is 3. The van der Waals surface area contributed by atoms with E-state index in [0.717, 1.165) is 29.9 Å². The SMILES string of the molecule is Cc1nc(C2(c3ccccc3)CCC2)ncc1C(C)N. The molecule has 0 saturated heterocycles. The molecule has 3 rings (SSSR count). The largest absolute Gasteiger partial charge is 0.324 e. The summed E-state index contributed by atoms with van der Waals surface area (Å²) < 4.78 is 0. The van der Waals surface area contributed by atoms with Crippen molar-refractivity contribution < 1.29 is 0 Å². The second-order valence-electron chi connectivity index (χ2n) is 5.82. The van der Waals surface area contributed by atoms with E-state index in [0.29, 0.717) is 0 Å². The van der Waals surface area contributed by atoms with Gasteiger partial charge in [0.2, 0.25) is 0 Å². The van der Waals surface area contributed by atoms with E-state index in [9.17, 15) is 0 Å². The van der Waals surface area contributed by atoms with Gasteiger partial charge in [-0.05, 0) is 32.3 Å². The Morgan fingerprint density at radius 2 is 1.90 bits per heavy atom. The number of aromatic nitrogens is 2. The highest BCUT2D eigenvalue weighted by atomic mass is 14.9. The highest BCUT2D eigenvalue weighted by Gasteiger charge is 2.43. The highest BCUT2D eigenvalue weighted by molar-refractivity contribution is 5.36. The first kappa shape index (κ1) is 13.3. The van der Waals surface area contributed by atoms with E-state index in [2.05, 4.69) is 35.3 Å². The molecule has 0 aliphatic heterocycles. The third-order valence-corrected chi connectivity index (χ3v) is 4.47. The molecule has 1 heterocycles. The van der Waals surface area contributed by atoms with Gasteiger partial charge in [-0.15, -0.1) is 0 Å². The van der Waals surface area contributed by atoms with Crippen molar-refractivity contribution in [3.8, 4) is 0 Å². The lowest BCUT2D eigenvalue weighted by Gasteiger charge is -2.41. The summed E-state index contributed by atoms with van der Waals surface area (Å²) in [7, 11) is 0. The second kappa shape index (κ2) is 4.98. The molecular weight excluding hydrogens is 246 g/mol. The normalized spacial score (nSPS) is 18.4. The fraction of sp³-hybridized carbons (Fsp3) is 0.412. The Hall–Kier alpha value is -1.74. The maximum Gasteiger partial charge on any atom is 0.139 e. The van der Waals surface area contributed by atoms with Crippen LogP contribution in [0.3, 0.4) is 0 Å². The lowest BCUT2D eigenvalue weighted by molar-refractivity contribution is 0.284. The lowest BCUT2D eigenvalue weighted by Crippen LogP contribution is -2.37. The van der Waals surface area contributed by atoms with Crippen LogP contribution in [0.5, 0.6) is 0 Å². The van der Waals surface area contributed by atoms with Crippen molar-refractivity contribution in [3.63, 3.8) is 0 Å². The van der Waals surface area contributed by atoms with Crippen molar-refractivity contribution in [1.82, 2.24) is 9.97 Å². The molecule has 3 nitrogen and oxygen atoms in total. The molecule has 2 aromatic rings. The van der Waals surface area contributed by atoms with E-state index in [1.807, 2.05) is 20.0 Å². The third kappa shape index (κ3) is 2.02. The van der Waals surface area contributed by atoms with Crippen molar-refractivity contribution in [1.29, 1.82) is 0 Å². The Balaban J connectivity index is 2.05. The summed E-state index contributed by atoms with van der Waals surface area (Å²) in [6.45, 7) is 4.00. The number of nitrogens with zero attached hydrogens (tertiary/aromatic N) is 2. The Morgan fingerprint density at radius 1 is 1.20 bits per heavy atom. The van der Waals surface area contributed by atoms with Crippen LogP contribution in [0.15, 0.2) is 36.5 Å². The number of nitrogens with two attached hydrogens (primary N) is 1. The van der Waals surface area contributed by atoms with Gasteiger partial charge in [0, 0.05) is 23.5 Å². The molecule has 104 valence electrons. The Bertz CT molecular complexity index is 601. The van der Waals surface area contributed by atoms with E-state index < -0.39 is 0 Å². The fourth-order valence-electron chi connectivity index (χ4n) is 3.08. The molecule has 0 radical (unpaired) electrons. The Kier molecular flexibility index (Phi) is 3.30. The van der Waals surface area contributed by atoms with E-state index in [4.69, 9.17) is 10.7 Å². The summed E-state index contributed by atoms with van der Waals surface area (Å²) in [5, 5.41) is 0. The quantitative estimate of drug-likeness (QED) is 0.928. The summed E-state index contributed by atoms with van der Waals surface area (Å²) >= 11 is 0. The van der Waals surface area contributed by atoms with Crippen LogP contribution in [0.25, 0.3) is 0 Å². The smallest absolute Gasteiger partial charge is 0.139 e. The van der Waals surface area contributed by atoms with Crippen LogP contribution in [-0.2, 0) is 5.41 Å².